The molecule has 0 saturated carbocycles. The summed E-state index contributed by atoms with van der Waals surface area (Å²) in [5, 5.41) is 12.7. The van der Waals surface area contributed by atoms with Gasteiger partial charge >= 0.3 is 0 Å². The molecule has 2 aliphatic heterocycles. The molecule has 0 atom stereocenters. The first-order valence-electron chi connectivity index (χ1n) is 6.58. The summed E-state index contributed by atoms with van der Waals surface area (Å²) in [6, 6.07) is 7.09. The van der Waals surface area contributed by atoms with Crippen molar-refractivity contribution in [3.05, 3.63) is 29.3 Å². The van der Waals surface area contributed by atoms with E-state index >= 15 is 0 Å². The first kappa shape index (κ1) is 11.1. The summed E-state index contributed by atoms with van der Waals surface area (Å²) < 4.78 is 0. The van der Waals surface area contributed by atoms with Gasteiger partial charge in [0.15, 0.2) is 0 Å². The fourth-order valence-electron chi connectivity index (χ4n) is 3.05. The normalized spacial score (nSPS) is 20.6. The van der Waals surface area contributed by atoms with Crippen LogP contribution in [0, 0.1) is 0 Å². The highest BCUT2D eigenvalue weighted by Gasteiger charge is 2.27. The Morgan fingerprint density at radius 2 is 2.12 bits per heavy atom. The first-order valence-corrected chi connectivity index (χ1v) is 6.58. The summed E-state index contributed by atoms with van der Waals surface area (Å²) in [4.78, 5) is 2.55. The van der Waals surface area contributed by atoms with Gasteiger partial charge in [-0.25, -0.2) is 0 Å². The maximum absolute atomic E-state index is 9.24. The van der Waals surface area contributed by atoms with Gasteiger partial charge in [0.05, 0.1) is 6.61 Å². The van der Waals surface area contributed by atoms with Gasteiger partial charge in [-0.05, 0) is 49.5 Å². The van der Waals surface area contributed by atoms with Crippen LogP contribution in [0.15, 0.2) is 18.2 Å². The van der Waals surface area contributed by atoms with E-state index in [9.17, 15) is 5.11 Å². The molecule has 0 amide bonds. The number of fused-ring (bicyclic) bond motifs is 1. The van der Waals surface area contributed by atoms with E-state index in [2.05, 4.69) is 22.3 Å². The van der Waals surface area contributed by atoms with E-state index in [1.807, 2.05) is 6.07 Å². The van der Waals surface area contributed by atoms with E-state index < -0.39 is 0 Å². The third kappa shape index (κ3) is 2.05. The smallest absolute Gasteiger partial charge is 0.0682 e. The Labute approximate surface area is 102 Å². The van der Waals surface area contributed by atoms with E-state index in [0.717, 1.165) is 31.6 Å². The SMILES string of the molecule is OCc1ccc2c(c1)N(C1CCNCC1)CC2. The number of aliphatic hydroxyl groups is 1. The molecule has 3 heteroatoms. The van der Waals surface area contributed by atoms with Crippen LogP contribution in [0.4, 0.5) is 5.69 Å². The monoisotopic (exact) mass is 232 g/mol. The maximum atomic E-state index is 9.24. The van der Waals surface area contributed by atoms with Gasteiger partial charge in [0.2, 0.25) is 0 Å². The van der Waals surface area contributed by atoms with Crippen LogP contribution in [-0.2, 0) is 13.0 Å². The molecule has 1 aromatic carbocycles. The quantitative estimate of drug-likeness (QED) is 0.806. The van der Waals surface area contributed by atoms with Crippen molar-refractivity contribution in [2.45, 2.75) is 31.9 Å². The Hall–Kier alpha value is -1.06. The molecule has 0 radical (unpaired) electrons. The van der Waals surface area contributed by atoms with Gasteiger partial charge in [-0.1, -0.05) is 12.1 Å². The van der Waals surface area contributed by atoms with Crippen LogP contribution in [0.25, 0.3) is 0 Å². The molecule has 0 unspecified atom stereocenters. The summed E-state index contributed by atoms with van der Waals surface area (Å²) >= 11 is 0. The van der Waals surface area contributed by atoms with E-state index in [0.29, 0.717) is 6.04 Å². The van der Waals surface area contributed by atoms with Gasteiger partial charge in [-0.2, -0.15) is 0 Å². The first-order chi connectivity index (χ1) is 8.38. The Morgan fingerprint density at radius 1 is 1.29 bits per heavy atom. The fraction of sp³-hybridized carbons (Fsp3) is 0.571. The third-order valence-corrected chi connectivity index (χ3v) is 4.01. The summed E-state index contributed by atoms with van der Waals surface area (Å²) in [6.45, 7) is 3.56. The molecule has 3 nitrogen and oxygen atoms in total. The van der Waals surface area contributed by atoms with Crippen molar-refractivity contribution in [3.8, 4) is 0 Å². The molecular weight excluding hydrogens is 212 g/mol. The highest BCUT2D eigenvalue weighted by atomic mass is 16.3. The third-order valence-electron chi connectivity index (χ3n) is 4.01. The molecule has 3 rings (SSSR count). The lowest BCUT2D eigenvalue weighted by Gasteiger charge is -2.33. The van der Waals surface area contributed by atoms with Gasteiger partial charge in [-0.15, -0.1) is 0 Å². The molecule has 0 aromatic heterocycles. The number of hydrogen-bond acceptors (Lipinski definition) is 3. The number of nitrogens with zero attached hydrogens (tertiary/aromatic N) is 1. The van der Waals surface area contributed by atoms with Crippen molar-refractivity contribution in [1.82, 2.24) is 5.32 Å². The Morgan fingerprint density at radius 3 is 2.88 bits per heavy atom. The molecule has 1 fully saturated rings. The Bertz CT molecular complexity index is 399. The number of rotatable bonds is 2. The molecule has 2 aliphatic rings. The Balaban J connectivity index is 1.85. The van der Waals surface area contributed by atoms with E-state index in [1.54, 1.807) is 0 Å². The molecule has 0 aliphatic carbocycles. The van der Waals surface area contributed by atoms with Crippen LogP contribution < -0.4 is 10.2 Å². The minimum absolute atomic E-state index is 0.146. The molecule has 0 spiro atoms. The zero-order valence-electron chi connectivity index (χ0n) is 10.2. The van der Waals surface area contributed by atoms with E-state index in [1.165, 1.54) is 24.1 Å². The van der Waals surface area contributed by atoms with Gasteiger partial charge in [0, 0.05) is 18.3 Å². The number of hydrogen-bond donors (Lipinski definition) is 2. The largest absolute Gasteiger partial charge is 0.392 e. The average Bonchev–Trinajstić information content (AvgIpc) is 2.82. The van der Waals surface area contributed by atoms with Crippen molar-refractivity contribution in [2.24, 2.45) is 0 Å². The standard InChI is InChI=1S/C14H20N2O/c17-10-11-1-2-12-5-8-16(14(12)9-11)13-3-6-15-7-4-13/h1-2,9,13,15,17H,3-8,10H2. The van der Waals surface area contributed by atoms with Crippen molar-refractivity contribution < 1.29 is 5.11 Å². The number of nitrogens with one attached hydrogen (secondary N) is 1. The van der Waals surface area contributed by atoms with Crippen molar-refractivity contribution >= 4 is 5.69 Å². The van der Waals surface area contributed by atoms with Crippen LogP contribution in [-0.4, -0.2) is 30.8 Å². The number of aliphatic hydroxyl groups excluding tert-OH is 1. The predicted octanol–water partition coefficient (Wildman–Crippen LogP) is 1.29. The molecule has 2 N–H and O–H groups in total. The highest BCUT2D eigenvalue weighted by Crippen LogP contribution is 2.32. The highest BCUT2D eigenvalue weighted by molar-refractivity contribution is 5.60. The lowest BCUT2D eigenvalue weighted by Crippen LogP contribution is -2.42. The second-order valence-corrected chi connectivity index (χ2v) is 5.05. The average molecular weight is 232 g/mol. The minimum Gasteiger partial charge on any atom is -0.392 e. The zero-order valence-corrected chi connectivity index (χ0v) is 10.2. The number of anilines is 1. The molecule has 17 heavy (non-hydrogen) atoms. The molecule has 0 bridgehead atoms. The summed E-state index contributed by atoms with van der Waals surface area (Å²) in [5.74, 6) is 0. The van der Waals surface area contributed by atoms with Gasteiger partial charge in [0.1, 0.15) is 0 Å². The van der Waals surface area contributed by atoms with Crippen molar-refractivity contribution in [2.75, 3.05) is 24.5 Å². The van der Waals surface area contributed by atoms with E-state index in [4.69, 9.17) is 0 Å². The summed E-state index contributed by atoms with van der Waals surface area (Å²) in [6.07, 6.45) is 3.64. The topological polar surface area (TPSA) is 35.5 Å². The van der Waals surface area contributed by atoms with Crippen LogP contribution >= 0.6 is 0 Å². The van der Waals surface area contributed by atoms with Gasteiger partial charge in [0.25, 0.3) is 0 Å². The van der Waals surface area contributed by atoms with Gasteiger partial charge in [-0.3, -0.25) is 0 Å². The summed E-state index contributed by atoms with van der Waals surface area (Å²) in [5.41, 5.74) is 3.84. The fourth-order valence-corrected chi connectivity index (χ4v) is 3.05. The minimum atomic E-state index is 0.146. The number of piperidine rings is 1. The molecule has 2 heterocycles. The second-order valence-electron chi connectivity index (χ2n) is 5.05. The van der Waals surface area contributed by atoms with Crippen LogP contribution in [0.5, 0.6) is 0 Å². The predicted molar refractivity (Wildman–Crippen MR) is 69.3 cm³/mol. The lowest BCUT2D eigenvalue weighted by molar-refractivity contribution is 0.282. The van der Waals surface area contributed by atoms with Crippen molar-refractivity contribution in [3.63, 3.8) is 0 Å². The van der Waals surface area contributed by atoms with Gasteiger partial charge < -0.3 is 15.3 Å². The summed E-state index contributed by atoms with van der Waals surface area (Å²) in [7, 11) is 0. The Kier molecular flexibility index (Phi) is 3.04. The molecule has 92 valence electrons. The van der Waals surface area contributed by atoms with Crippen LogP contribution in [0.2, 0.25) is 0 Å². The second kappa shape index (κ2) is 4.67. The maximum Gasteiger partial charge on any atom is 0.0682 e. The number of benzene rings is 1. The molecule has 1 saturated heterocycles. The van der Waals surface area contributed by atoms with Crippen LogP contribution in [0.1, 0.15) is 24.0 Å². The molecule has 1 aromatic rings. The van der Waals surface area contributed by atoms with Crippen molar-refractivity contribution in [1.29, 1.82) is 0 Å². The molecular formula is C14H20N2O. The van der Waals surface area contributed by atoms with Crippen LogP contribution in [0.3, 0.4) is 0 Å². The zero-order chi connectivity index (χ0) is 11.7. The lowest BCUT2D eigenvalue weighted by atomic mass is 10.0. The van der Waals surface area contributed by atoms with E-state index in [-0.39, 0.29) is 6.61 Å².